The summed E-state index contributed by atoms with van der Waals surface area (Å²) in [5.74, 6) is -0.0383. The zero-order chi connectivity index (χ0) is 13.4. The molecular formula is C14H20Cl2O. The fraction of sp³-hybridized carbons (Fsp3) is 0.571. The number of phenolic OH excluding ortho intramolecular Hbond substituents is 1. The summed E-state index contributed by atoms with van der Waals surface area (Å²) in [6.07, 6.45) is 1.01. The van der Waals surface area contributed by atoms with E-state index in [0.717, 1.165) is 12.0 Å². The van der Waals surface area contributed by atoms with Gasteiger partial charge >= 0.3 is 0 Å². The van der Waals surface area contributed by atoms with Crippen molar-refractivity contribution in [2.24, 2.45) is 5.41 Å². The van der Waals surface area contributed by atoms with E-state index in [4.69, 9.17) is 23.2 Å². The van der Waals surface area contributed by atoms with E-state index in [-0.39, 0.29) is 16.6 Å². The molecule has 17 heavy (non-hydrogen) atoms. The number of phenols is 1. The average molecular weight is 275 g/mol. The van der Waals surface area contributed by atoms with Crippen LogP contribution in [-0.4, -0.2) is 5.11 Å². The molecule has 0 spiro atoms. The van der Waals surface area contributed by atoms with Crippen molar-refractivity contribution in [2.75, 3.05) is 0 Å². The Labute approximate surface area is 114 Å². The van der Waals surface area contributed by atoms with E-state index in [1.807, 2.05) is 0 Å². The molecule has 0 amide bonds. The van der Waals surface area contributed by atoms with Crippen molar-refractivity contribution in [3.63, 3.8) is 0 Å². The number of aromatic hydroxyl groups is 1. The number of rotatable bonds is 2. The van der Waals surface area contributed by atoms with Gasteiger partial charge in [0, 0.05) is 0 Å². The van der Waals surface area contributed by atoms with Crippen LogP contribution in [0.1, 0.15) is 46.6 Å². The van der Waals surface area contributed by atoms with Crippen LogP contribution in [0.3, 0.4) is 0 Å². The first-order valence-corrected chi connectivity index (χ1v) is 6.47. The average Bonchev–Trinajstić information content (AvgIpc) is 2.09. The Bertz CT molecular complexity index is 394. The topological polar surface area (TPSA) is 20.2 Å². The summed E-state index contributed by atoms with van der Waals surface area (Å²) in [5.41, 5.74) is 1.25. The molecule has 1 N–H and O–H groups in total. The fourth-order valence-electron chi connectivity index (χ4n) is 2.38. The van der Waals surface area contributed by atoms with E-state index in [0.29, 0.717) is 10.0 Å². The van der Waals surface area contributed by atoms with Crippen molar-refractivity contribution in [2.45, 2.75) is 46.5 Å². The van der Waals surface area contributed by atoms with Crippen LogP contribution in [-0.2, 0) is 5.41 Å². The third kappa shape index (κ3) is 3.79. The third-order valence-electron chi connectivity index (χ3n) is 2.77. The summed E-state index contributed by atoms with van der Waals surface area (Å²) in [6, 6.07) is 3.60. The minimum atomic E-state index is -0.0383. The van der Waals surface area contributed by atoms with E-state index in [1.54, 1.807) is 12.1 Å². The molecule has 0 heterocycles. The first-order chi connectivity index (χ1) is 7.53. The Balaban J connectivity index is 3.16. The van der Waals surface area contributed by atoms with Crippen molar-refractivity contribution in [1.82, 2.24) is 0 Å². The summed E-state index contributed by atoms with van der Waals surface area (Å²) in [7, 11) is 0. The van der Waals surface area contributed by atoms with Crippen molar-refractivity contribution < 1.29 is 5.11 Å². The van der Waals surface area contributed by atoms with Crippen LogP contribution in [0.25, 0.3) is 0 Å². The second kappa shape index (κ2) is 4.70. The normalized spacial score (nSPS) is 12.9. The molecule has 1 aromatic carbocycles. The summed E-state index contributed by atoms with van der Waals surface area (Å²) in [5, 5.41) is 10.2. The molecule has 0 bridgehead atoms. The van der Waals surface area contributed by atoms with Gasteiger partial charge in [-0.15, -0.1) is 0 Å². The van der Waals surface area contributed by atoms with Crippen molar-refractivity contribution >= 4 is 23.2 Å². The molecule has 0 saturated carbocycles. The molecule has 0 saturated heterocycles. The smallest absolute Gasteiger partial charge is 0.152 e. The molecular weight excluding hydrogens is 255 g/mol. The lowest BCUT2D eigenvalue weighted by Gasteiger charge is -2.33. The Hall–Kier alpha value is -0.400. The maximum Gasteiger partial charge on any atom is 0.152 e. The highest BCUT2D eigenvalue weighted by Gasteiger charge is 2.28. The lowest BCUT2D eigenvalue weighted by Crippen LogP contribution is -2.24. The van der Waals surface area contributed by atoms with Crippen LogP contribution in [0.2, 0.25) is 10.0 Å². The van der Waals surface area contributed by atoms with E-state index in [1.165, 1.54) is 0 Å². The first-order valence-electron chi connectivity index (χ1n) is 5.71. The number of halogens is 2. The van der Waals surface area contributed by atoms with Gasteiger partial charge in [-0.3, -0.25) is 0 Å². The molecule has 1 nitrogen and oxygen atoms in total. The van der Waals surface area contributed by atoms with Gasteiger partial charge in [0.05, 0.1) is 10.0 Å². The maximum absolute atomic E-state index is 9.57. The fourth-order valence-corrected chi connectivity index (χ4v) is 2.87. The van der Waals surface area contributed by atoms with Gasteiger partial charge in [0.2, 0.25) is 0 Å². The van der Waals surface area contributed by atoms with E-state index in [9.17, 15) is 5.11 Å². The minimum Gasteiger partial charge on any atom is -0.505 e. The molecule has 0 aliphatic carbocycles. The molecule has 1 aromatic rings. The predicted octanol–water partition coefficient (Wildman–Crippen LogP) is 5.41. The number of hydrogen-bond donors (Lipinski definition) is 1. The molecule has 0 fully saturated rings. The van der Waals surface area contributed by atoms with Gasteiger partial charge in [-0.2, -0.15) is 0 Å². The highest BCUT2D eigenvalue weighted by atomic mass is 35.5. The van der Waals surface area contributed by atoms with Gasteiger partial charge in [0.25, 0.3) is 0 Å². The summed E-state index contributed by atoms with van der Waals surface area (Å²) in [4.78, 5) is 0. The second-order valence-corrected chi connectivity index (χ2v) is 7.22. The molecule has 0 radical (unpaired) electrons. The monoisotopic (exact) mass is 274 g/mol. The van der Waals surface area contributed by atoms with Gasteiger partial charge in [-0.25, -0.2) is 0 Å². The molecule has 0 aliphatic rings. The van der Waals surface area contributed by atoms with E-state index in [2.05, 4.69) is 34.6 Å². The molecule has 96 valence electrons. The van der Waals surface area contributed by atoms with Crippen LogP contribution < -0.4 is 0 Å². The SMILES string of the molecule is CC(C)(C)CC(C)(C)c1cc(Cl)c(O)c(Cl)c1. The zero-order valence-electron chi connectivity index (χ0n) is 11.1. The van der Waals surface area contributed by atoms with Gasteiger partial charge < -0.3 is 5.11 Å². The number of benzene rings is 1. The van der Waals surface area contributed by atoms with Crippen LogP contribution >= 0.6 is 23.2 Å². The molecule has 0 aromatic heterocycles. The van der Waals surface area contributed by atoms with Gasteiger partial charge in [-0.1, -0.05) is 57.8 Å². The summed E-state index contributed by atoms with van der Waals surface area (Å²) >= 11 is 11.9. The maximum atomic E-state index is 9.57. The van der Waals surface area contributed by atoms with Gasteiger partial charge in [0.15, 0.2) is 5.75 Å². The van der Waals surface area contributed by atoms with Gasteiger partial charge in [0.1, 0.15) is 0 Å². The highest BCUT2D eigenvalue weighted by molar-refractivity contribution is 6.37. The molecule has 0 unspecified atom stereocenters. The minimum absolute atomic E-state index is 0.0285. The van der Waals surface area contributed by atoms with Crippen LogP contribution in [0.15, 0.2) is 12.1 Å². The molecule has 1 rings (SSSR count). The Morgan fingerprint density at radius 2 is 1.41 bits per heavy atom. The molecule has 0 aliphatic heterocycles. The predicted molar refractivity (Wildman–Crippen MR) is 75.2 cm³/mol. The van der Waals surface area contributed by atoms with Gasteiger partial charge in [-0.05, 0) is 34.9 Å². The third-order valence-corrected chi connectivity index (χ3v) is 3.35. The summed E-state index contributed by atoms with van der Waals surface area (Å²) < 4.78 is 0. The lowest BCUT2D eigenvalue weighted by molar-refractivity contribution is 0.284. The molecule has 3 heteroatoms. The second-order valence-electron chi connectivity index (χ2n) is 6.41. The van der Waals surface area contributed by atoms with E-state index < -0.39 is 0 Å². The van der Waals surface area contributed by atoms with E-state index >= 15 is 0 Å². The largest absolute Gasteiger partial charge is 0.505 e. The van der Waals surface area contributed by atoms with Crippen LogP contribution in [0.4, 0.5) is 0 Å². The van der Waals surface area contributed by atoms with Crippen LogP contribution in [0.5, 0.6) is 5.75 Å². The summed E-state index contributed by atoms with van der Waals surface area (Å²) in [6.45, 7) is 10.9. The van der Waals surface area contributed by atoms with Crippen molar-refractivity contribution in [3.8, 4) is 5.75 Å². The quantitative estimate of drug-likeness (QED) is 0.764. The van der Waals surface area contributed by atoms with Crippen molar-refractivity contribution in [3.05, 3.63) is 27.7 Å². The van der Waals surface area contributed by atoms with Crippen molar-refractivity contribution in [1.29, 1.82) is 0 Å². The standard InChI is InChI=1S/C14H20Cl2O/c1-13(2,3)8-14(4,5)9-6-10(15)12(17)11(16)7-9/h6-7,17H,8H2,1-5H3. The Kier molecular flexibility index (Phi) is 4.05. The molecule has 0 atom stereocenters. The first kappa shape index (κ1) is 14.7. The van der Waals surface area contributed by atoms with Crippen LogP contribution in [0, 0.1) is 5.41 Å². The Morgan fingerprint density at radius 3 is 1.76 bits per heavy atom. The Morgan fingerprint density at radius 1 is 1.00 bits per heavy atom. The number of hydrogen-bond acceptors (Lipinski definition) is 1. The lowest BCUT2D eigenvalue weighted by atomic mass is 9.72. The highest BCUT2D eigenvalue weighted by Crippen LogP contribution is 2.41. The zero-order valence-corrected chi connectivity index (χ0v) is 12.6.